The van der Waals surface area contributed by atoms with E-state index in [-0.39, 0.29) is 6.04 Å². The van der Waals surface area contributed by atoms with Gasteiger partial charge >= 0.3 is 0 Å². The van der Waals surface area contributed by atoms with Gasteiger partial charge in [-0.25, -0.2) is 15.0 Å². The van der Waals surface area contributed by atoms with Crippen molar-refractivity contribution in [2.75, 3.05) is 0 Å². The summed E-state index contributed by atoms with van der Waals surface area (Å²) in [5.74, 6) is 4.22. The van der Waals surface area contributed by atoms with Gasteiger partial charge in [-0.2, -0.15) is 0 Å². The Kier molecular flexibility index (Phi) is 8.44. The zero-order valence-corrected chi connectivity index (χ0v) is 31.7. The molecular weight excluding hydrogens is 725 g/mol. The average molecular weight is 759 g/mol. The van der Waals surface area contributed by atoms with Gasteiger partial charge in [0.05, 0.1) is 5.71 Å². The van der Waals surface area contributed by atoms with Crippen molar-refractivity contribution in [2.24, 2.45) is 4.99 Å². The quantitative estimate of drug-likeness (QED) is 0.162. The van der Waals surface area contributed by atoms with E-state index < -0.39 is 0 Å². The summed E-state index contributed by atoms with van der Waals surface area (Å²) in [6.07, 6.45) is 0. The summed E-state index contributed by atoms with van der Waals surface area (Å²) in [7, 11) is 0. The first-order chi connectivity index (χ1) is 29.2. The molecule has 6 nitrogen and oxygen atoms in total. The fourth-order valence-corrected chi connectivity index (χ4v) is 7.88. The summed E-state index contributed by atoms with van der Waals surface area (Å²) < 4.78 is 13.0. The fraction of sp³-hybridized carbons (Fsp3) is 0.0189. The molecule has 0 saturated carbocycles. The molecule has 0 fully saturated rings. The molecule has 8 aromatic carbocycles. The largest absolute Gasteiger partial charge is 0.450 e. The van der Waals surface area contributed by atoms with Crippen molar-refractivity contribution in [2.45, 2.75) is 6.04 Å². The Hall–Kier alpha value is -7.96. The molecule has 3 heterocycles. The molecule has 0 aliphatic carbocycles. The third kappa shape index (κ3) is 6.52. The maximum absolute atomic E-state index is 6.61. The van der Waals surface area contributed by atoms with Crippen LogP contribution in [0.4, 0.5) is 0 Å². The summed E-state index contributed by atoms with van der Waals surface area (Å²) in [6.45, 7) is 0. The van der Waals surface area contributed by atoms with E-state index in [1.807, 2.05) is 91.0 Å². The predicted octanol–water partition coefficient (Wildman–Crippen LogP) is 13.0. The summed E-state index contributed by atoms with van der Waals surface area (Å²) in [4.78, 5) is 20.1. The van der Waals surface area contributed by atoms with Gasteiger partial charge in [0.25, 0.3) is 0 Å². The minimum Gasteiger partial charge on any atom is -0.450 e. The van der Waals surface area contributed by atoms with Crippen LogP contribution in [0.5, 0.6) is 23.0 Å². The molecule has 0 saturated heterocycles. The first kappa shape index (κ1) is 34.3. The second kappa shape index (κ2) is 14.5. The van der Waals surface area contributed by atoms with E-state index in [9.17, 15) is 0 Å². The molecule has 9 aromatic rings. The third-order valence-electron chi connectivity index (χ3n) is 10.8. The van der Waals surface area contributed by atoms with Gasteiger partial charge < -0.3 is 9.47 Å². The molecule has 6 heteroatoms. The van der Waals surface area contributed by atoms with Gasteiger partial charge in [-0.15, -0.1) is 0 Å². The van der Waals surface area contributed by atoms with Crippen LogP contribution in [0.25, 0.3) is 56.4 Å². The van der Waals surface area contributed by atoms with Crippen LogP contribution in [0, 0.1) is 0 Å². The van der Waals surface area contributed by atoms with E-state index in [0.717, 1.165) is 44.7 Å². The van der Waals surface area contributed by atoms with Crippen LogP contribution < -0.4 is 9.47 Å². The van der Waals surface area contributed by atoms with E-state index >= 15 is 0 Å². The molecular formula is C53H34N4O2. The monoisotopic (exact) mass is 758 g/mol. The Morgan fingerprint density at radius 2 is 0.780 bits per heavy atom. The van der Waals surface area contributed by atoms with Gasteiger partial charge in [-0.05, 0) is 75.8 Å². The summed E-state index contributed by atoms with van der Waals surface area (Å²) in [5.41, 5.74) is 12.6. The lowest BCUT2D eigenvalue weighted by atomic mass is 9.91. The van der Waals surface area contributed by atoms with Crippen LogP contribution in [0.2, 0.25) is 0 Å². The Bertz CT molecular complexity index is 2980. The lowest BCUT2D eigenvalue weighted by Crippen LogP contribution is -2.02. The molecule has 11 rings (SSSR count). The average Bonchev–Trinajstić information content (AvgIpc) is 3.71. The number of nitrogens with zero attached hydrogens (tertiary/aromatic N) is 4. The zero-order chi connectivity index (χ0) is 39.1. The highest BCUT2D eigenvalue weighted by Crippen LogP contribution is 2.48. The molecule has 278 valence electrons. The molecule has 0 N–H and O–H groups in total. The van der Waals surface area contributed by atoms with Crippen LogP contribution in [0.15, 0.2) is 205 Å². The fourth-order valence-electron chi connectivity index (χ4n) is 7.88. The zero-order valence-electron chi connectivity index (χ0n) is 31.7. The van der Waals surface area contributed by atoms with Gasteiger partial charge in [-0.1, -0.05) is 158 Å². The van der Waals surface area contributed by atoms with Crippen molar-refractivity contribution >= 4 is 5.71 Å². The van der Waals surface area contributed by atoms with Crippen molar-refractivity contribution in [3.63, 3.8) is 0 Å². The highest BCUT2D eigenvalue weighted by Gasteiger charge is 2.28. The van der Waals surface area contributed by atoms with Crippen LogP contribution in [-0.4, -0.2) is 20.7 Å². The number of aliphatic imine (C=N–C) groups is 1. The Morgan fingerprint density at radius 1 is 0.322 bits per heavy atom. The standard InChI is InChI=1S/C53H34N4O2/c1-5-14-34(15-6-1)39-24-27-43-44(31-39)50(54-49(43)35-16-7-2-8-17-35)41-23-13-22-38(30-41)40-25-28-45-47(32-40)59-48-33-42(26-29-46(48)58-45)53-56-51(36-18-9-3-10-19-36)55-52(57-53)37-20-11-4-12-21-37/h1-33,49H. The van der Waals surface area contributed by atoms with Crippen LogP contribution in [0.3, 0.4) is 0 Å². The number of aromatic nitrogens is 3. The number of rotatable bonds is 7. The maximum Gasteiger partial charge on any atom is 0.170 e. The molecule has 2 aliphatic heterocycles. The predicted molar refractivity (Wildman–Crippen MR) is 234 cm³/mol. The first-order valence-corrected chi connectivity index (χ1v) is 19.6. The second-order valence-electron chi connectivity index (χ2n) is 14.6. The summed E-state index contributed by atoms with van der Waals surface area (Å²) in [5, 5.41) is 0. The van der Waals surface area contributed by atoms with E-state index in [4.69, 9.17) is 29.4 Å². The van der Waals surface area contributed by atoms with Crippen LogP contribution in [-0.2, 0) is 0 Å². The lowest BCUT2D eigenvalue weighted by Gasteiger charge is -2.22. The Labute approximate surface area is 341 Å². The maximum atomic E-state index is 6.61. The molecule has 0 bridgehead atoms. The van der Waals surface area contributed by atoms with Gasteiger partial charge in [-0.3, -0.25) is 4.99 Å². The highest BCUT2D eigenvalue weighted by molar-refractivity contribution is 6.16. The molecule has 1 aromatic heterocycles. The molecule has 0 spiro atoms. The van der Waals surface area contributed by atoms with Crippen molar-refractivity contribution in [3.05, 3.63) is 222 Å². The molecule has 1 unspecified atom stereocenters. The van der Waals surface area contributed by atoms with E-state index in [1.165, 1.54) is 22.3 Å². The van der Waals surface area contributed by atoms with E-state index in [1.54, 1.807) is 0 Å². The normalized spacial score (nSPS) is 13.6. The Morgan fingerprint density at radius 3 is 1.42 bits per heavy atom. The van der Waals surface area contributed by atoms with Crippen molar-refractivity contribution in [1.29, 1.82) is 0 Å². The first-order valence-electron chi connectivity index (χ1n) is 19.6. The molecule has 0 amide bonds. The highest BCUT2D eigenvalue weighted by atomic mass is 16.6. The van der Waals surface area contributed by atoms with Gasteiger partial charge in [0.1, 0.15) is 6.04 Å². The lowest BCUT2D eigenvalue weighted by molar-refractivity contribution is 0.360. The third-order valence-corrected chi connectivity index (χ3v) is 10.8. The van der Waals surface area contributed by atoms with Gasteiger partial charge in [0, 0.05) is 27.8 Å². The number of hydrogen-bond acceptors (Lipinski definition) is 6. The van der Waals surface area contributed by atoms with Crippen molar-refractivity contribution < 1.29 is 9.47 Å². The number of fused-ring (bicyclic) bond motifs is 3. The summed E-state index contributed by atoms with van der Waals surface area (Å²) >= 11 is 0. The molecule has 1 atom stereocenters. The smallest absolute Gasteiger partial charge is 0.170 e. The molecule has 0 radical (unpaired) electrons. The van der Waals surface area contributed by atoms with Crippen LogP contribution in [0.1, 0.15) is 28.3 Å². The van der Waals surface area contributed by atoms with Crippen LogP contribution >= 0.6 is 0 Å². The van der Waals surface area contributed by atoms with Gasteiger partial charge in [0.15, 0.2) is 40.5 Å². The minimum absolute atomic E-state index is 0.0821. The number of benzene rings is 8. The second-order valence-corrected chi connectivity index (χ2v) is 14.6. The number of hydrogen-bond donors (Lipinski definition) is 0. The van der Waals surface area contributed by atoms with E-state index in [2.05, 4.69) is 109 Å². The number of ether oxygens (including phenoxy) is 2. The SMILES string of the molecule is c1ccc(-c2ccc3c(c2)C(c2cccc(-c4ccc5c(c4)Oc4cc(-c6nc(-c7ccccc7)nc(-c7ccccc7)n6)ccc4O5)c2)=NC3c2ccccc2)cc1. The summed E-state index contributed by atoms with van der Waals surface area (Å²) in [6, 6.07) is 68.1. The topological polar surface area (TPSA) is 69.5 Å². The Balaban J connectivity index is 0.930. The minimum atomic E-state index is -0.0821. The van der Waals surface area contributed by atoms with Gasteiger partial charge in [0.2, 0.25) is 0 Å². The molecule has 2 aliphatic rings. The molecule has 59 heavy (non-hydrogen) atoms. The van der Waals surface area contributed by atoms with Crippen molar-refractivity contribution in [3.8, 4) is 79.4 Å². The van der Waals surface area contributed by atoms with E-state index in [0.29, 0.717) is 40.5 Å². The van der Waals surface area contributed by atoms with Crippen molar-refractivity contribution in [1.82, 2.24) is 15.0 Å².